The lowest BCUT2D eigenvalue weighted by molar-refractivity contribution is -0.102. The number of benzene rings is 1. The van der Waals surface area contributed by atoms with Crippen LogP contribution in [0.3, 0.4) is 0 Å². The zero-order valence-corrected chi connectivity index (χ0v) is 16.9. The van der Waals surface area contributed by atoms with Crippen LogP contribution >= 0.6 is 0 Å². The van der Waals surface area contributed by atoms with Gasteiger partial charge in [-0.25, -0.2) is 9.37 Å². The van der Waals surface area contributed by atoms with E-state index in [1.54, 1.807) is 31.3 Å². The number of hydrogen-bond donors (Lipinski definition) is 2. The second-order valence-electron chi connectivity index (χ2n) is 6.67. The Kier molecular flexibility index (Phi) is 7.26. The Morgan fingerprint density at radius 2 is 1.97 bits per heavy atom. The summed E-state index contributed by atoms with van der Waals surface area (Å²) in [5.41, 5.74) is 3.76. The number of pyridine rings is 1. The first-order chi connectivity index (χ1) is 14.6. The highest BCUT2D eigenvalue weighted by Crippen LogP contribution is 2.31. The van der Waals surface area contributed by atoms with Gasteiger partial charge in [-0.2, -0.15) is 4.39 Å². The van der Waals surface area contributed by atoms with Gasteiger partial charge in [-0.3, -0.25) is 25.0 Å². The number of piperazine rings is 1. The molecule has 30 heavy (non-hydrogen) atoms. The third kappa shape index (κ3) is 4.89. The molecule has 0 spiro atoms. The predicted molar refractivity (Wildman–Crippen MR) is 112 cm³/mol. The van der Waals surface area contributed by atoms with Gasteiger partial charge >= 0.3 is 0 Å². The maximum absolute atomic E-state index is 15.0. The van der Waals surface area contributed by atoms with E-state index in [0.717, 1.165) is 6.21 Å². The molecule has 2 N–H and O–H groups in total. The minimum atomic E-state index is -0.511. The molecule has 0 unspecified atom stereocenters. The molecule has 1 aliphatic rings. The van der Waals surface area contributed by atoms with Gasteiger partial charge in [-0.15, -0.1) is 0 Å². The third-order valence-electron chi connectivity index (χ3n) is 4.87. The van der Waals surface area contributed by atoms with E-state index in [-0.39, 0.29) is 11.4 Å². The Morgan fingerprint density at radius 3 is 2.60 bits per heavy atom. The topological polar surface area (TPSA) is 82.1 Å². The number of halogens is 2. The van der Waals surface area contributed by atoms with Crippen LogP contribution in [0.1, 0.15) is 5.56 Å². The van der Waals surface area contributed by atoms with Crippen molar-refractivity contribution in [3.63, 3.8) is 0 Å². The number of rotatable bonds is 8. The molecular formula is C20H24F2N6O2. The van der Waals surface area contributed by atoms with Crippen molar-refractivity contribution < 1.29 is 18.4 Å². The largest absolute Gasteiger partial charge is 0.373 e. The molecule has 160 valence electrons. The van der Waals surface area contributed by atoms with E-state index in [1.807, 2.05) is 4.90 Å². The first-order valence-electron chi connectivity index (χ1n) is 9.47. The van der Waals surface area contributed by atoms with E-state index in [9.17, 15) is 13.6 Å². The van der Waals surface area contributed by atoms with Crippen LogP contribution in [0.4, 0.5) is 31.7 Å². The number of aliphatic imine (C=N–C) groups is 1. The van der Waals surface area contributed by atoms with Gasteiger partial charge in [0.05, 0.1) is 24.7 Å². The molecule has 8 nitrogen and oxygen atoms in total. The molecule has 0 saturated carbocycles. The highest BCUT2D eigenvalue weighted by molar-refractivity contribution is 6.14. The first-order valence-corrected chi connectivity index (χ1v) is 9.47. The summed E-state index contributed by atoms with van der Waals surface area (Å²) < 4.78 is 29.2. The number of carbonyl (C=O) groups is 1. The fraction of sp³-hybridized carbons (Fsp3) is 0.350. The summed E-state index contributed by atoms with van der Waals surface area (Å²) in [4.78, 5) is 27.2. The minimum Gasteiger partial charge on any atom is -0.373 e. The molecule has 1 fully saturated rings. The van der Waals surface area contributed by atoms with Crippen molar-refractivity contribution in [2.45, 2.75) is 6.54 Å². The Bertz CT molecular complexity index is 916. The van der Waals surface area contributed by atoms with Crippen molar-refractivity contribution in [3.05, 3.63) is 41.6 Å². The monoisotopic (exact) mass is 418 g/mol. The molecule has 10 heteroatoms. The van der Waals surface area contributed by atoms with E-state index in [2.05, 4.69) is 25.7 Å². The van der Waals surface area contributed by atoms with E-state index in [4.69, 9.17) is 4.84 Å². The smallest absolute Gasteiger partial charge is 0.238 e. The molecule has 0 aliphatic carbocycles. The van der Waals surface area contributed by atoms with Crippen molar-refractivity contribution in [2.24, 2.45) is 4.99 Å². The van der Waals surface area contributed by atoms with Crippen LogP contribution in [0.5, 0.6) is 0 Å². The highest BCUT2D eigenvalue weighted by atomic mass is 19.1. The van der Waals surface area contributed by atoms with Gasteiger partial charge in [-0.1, -0.05) is 6.07 Å². The quantitative estimate of drug-likeness (QED) is 0.295. The SMILES string of the molecule is CNc1ccc(N2CCN(Cc3ccc(/N=C\C=O)c(NOC)c3F)CC2)c(F)n1. The number of nitrogens with one attached hydrogen (secondary N) is 2. The number of hydrogen-bond acceptors (Lipinski definition) is 8. The minimum absolute atomic E-state index is 0.0736. The summed E-state index contributed by atoms with van der Waals surface area (Å²) >= 11 is 0. The molecule has 0 radical (unpaired) electrons. The second kappa shape index (κ2) is 10.1. The van der Waals surface area contributed by atoms with Gasteiger partial charge in [0.2, 0.25) is 5.95 Å². The van der Waals surface area contributed by atoms with Crippen LogP contribution < -0.4 is 15.7 Å². The molecule has 0 atom stereocenters. The summed E-state index contributed by atoms with van der Waals surface area (Å²) in [6.07, 6.45) is 1.57. The van der Waals surface area contributed by atoms with E-state index >= 15 is 0 Å². The lowest BCUT2D eigenvalue weighted by atomic mass is 10.1. The highest BCUT2D eigenvalue weighted by Gasteiger charge is 2.22. The molecule has 2 aromatic rings. The fourth-order valence-electron chi connectivity index (χ4n) is 3.34. The summed E-state index contributed by atoms with van der Waals surface area (Å²) in [7, 11) is 3.06. The van der Waals surface area contributed by atoms with Crippen LogP contribution in [-0.2, 0) is 16.2 Å². The van der Waals surface area contributed by atoms with Gasteiger partial charge in [0.25, 0.3) is 0 Å². The average molecular weight is 418 g/mol. The molecule has 1 aromatic carbocycles. The van der Waals surface area contributed by atoms with Crippen molar-refractivity contribution in [3.8, 4) is 0 Å². The standard InChI is InChI=1S/C20H24F2N6O2/c1-23-17-6-5-16(20(22)25-17)28-10-8-27(9-11-28)13-14-3-4-15(24-7-12-29)19(18(14)21)26-30-2/h3-7,12,26H,8-11,13H2,1-2H3,(H,23,25)/b24-7-. The lowest BCUT2D eigenvalue weighted by Crippen LogP contribution is -2.46. The van der Waals surface area contributed by atoms with Crippen molar-refractivity contribution in [1.29, 1.82) is 0 Å². The van der Waals surface area contributed by atoms with Crippen molar-refractivity contribution >= 4 is 35.4 Å². The Morgan fingerprint density at radius 1 is 1.20 bits per heavy atom. The Labute approximate surface area is 173 Å². The first kappa shape index (κ1) is 21.6. The van der Waals surface area contributed by atoms with Crippen LogP contribution in [0.2, 0.25) is 0 Å². The zero-order valence-electron chi connectivity index (χ0n) is 16.9. The Balaban J connectivity index is 1.68. The molecule has 1 aliphatic heterocycles. The molecule has 2 heterocycles. The maximum Gasteiger partial charge on any atom is 0.238 e. The molecule has 1 saturated heterocycles. The number of aldehydes is 1. The van der Waals surface area contributed by atoms with Gasteiger partial charge in [0.1, 0.15) is 11.5 Å². The lowest BCUT2D eigenvalue weighted by Gasteiger charge is -2.36. The van der Waals surface area contributed by atoms with Crippen LogP contribution in [-0.4, -0.2) is 62.7 Å². The van der Waals surface area contributed by atoms with Gasteiger partial charge in [0.15, 0.2) is 12.1 Å². The molecule has 3 rings (SSSR count). The molecule has 0 amide bonds. The van der Waals surface area contributed by atoms with Gasteiger partial charge in [0, 0.05) is 45.3 Å². The van der Waals surface area contributed by atoms with Crippen LogP contribution in [0, 0.1) is 11.8 Å². The molecular weight excluding hydrogens is 394 g/mol. The number of anilines is 3. The van der Waals surface area contributed by atoms with Crippen molar-refractivity contribution in [2.75, 3.05) is 56.0 Å². The average Bonchev–Trinajstić information content (AvgIpc) is 2.76. The summed E-state index contributed by atoms with van der Waals surface area (Å²) in [6.45, 7) is 2.87. The third-order valence-corrected chi connectivity index (χ3v) is 4.87. The predicted octanol–water partition coefficient (Wildman–Crippen LogP) is 2.60. The number of nitrogens with zero attached hydrogens (tertiary/aromatic N) is 4. The summed E-state index contributed by atoms with van der Waals surface area (Å²) in [6, 6.07) is 6.71. The van der Waals surface area contributed by atoms with Gasteiger partial charge < -0.3 is 10.2 Å². The molecule has 1 aromatic heterocycles. The number of carbonyl (C=O) groups excluding carboxylic acids is 1. The van der Waals surface area contributed by atoms with E-state index in [1.165, 1.54) is 7.11 Å². The number of aromatic nitrogens is 1. The van der Waals surface area contributed by atoms with Gasteiger partial charge in [-0.05, 0) is 18.2 Å². The zero-order chi connectivity index (χ0) is 21.5. The van der Waals surface area contributed by atoms with Crippen LogP contribution in [0.15, 0.2) is 29.3 Å². The van der Waals surface area contributed by atoms with Crippen LogP contribution in [0.25, 0.3) is 0 Å². The molecule has 0 bridgehead atoms. The normalized spacial score (nSPS) is 14.9. The van der Waals surface area contributed by atoms with E-state index < -0.39 is 11.8 Å². The Hall–Kier alpha value is -3.11. The maximum atomic E-state index is 15.0. The fourth-order valence-corrected chi connectivity index (χ4v) is 3.34. The second-order valence-corrected chi connectivity index (χ2v) is 6.67. The van der Waals surface area contributed by atoms with Crippen molar-refractivity contribution in [1.82, 2.24) is 9.88 Å². The van der Waals surface area contributed by atoms with E-state index in [0.29, 0.717) is 56.1 Å². The summed E-state index contributed by atoms with van der Waals surface area (Å²) in [5.74, 6) is -0.521. The summed E-state index contributed by atoms with van der Waals surface area (Å²) in [5, 5.41) is 2.81.